The number of carbonyl (C=O) groups excluding carboxylic acids is 2. The van der Waals surface area contributed by atoms with Crippen LogP contribution in [0.3, 0.4) is 0 Å². The first-order valence-electron chi connectivity index (χ1n) is 6.06. The van der Waals surface area contributed by atoms with Crippen LogP contribution in [0.4, 0.5) is 0 Å². The molecule has 7 heteroatoms. The van der Waals surface area contributed by atoms with Gasteiger partial charge >= 0.3 is 11.8 Å². The molecule has 2 N–H and O–H groups in total. The van der Waals surface area contributed by atoms with E-state index in [9.17, 15) is 9.59 Å². The highest BCUT2D eigenvalue weighted by Gasteiger charge is 2.09. The van der Waals surface area contributed by atoms with E-state index < -0.39 is 11.8 Å². The molecule has 108 valence electrons. The van der Waals surface area contributed by atoms with Crippen LogP contribution in [0.15, 0.2) is 23.3 Å². The Morgan fingerprint density at radius 2 is 2.15 bits per heavy atom. The molecule has 0 fully saturated rings. The Bertz CT molecular complexity index is 518. The molecular formula is C13H16ClN3O3. The minimum absolute atomic E-state index is 0.521. The molecule has 1 aromatic rings. The van der Waals surface area contributed by atoms with Crippen molar-refractivity contribution in [3.8, 4) is 5.75 Å². The van der Waals surface area contributed by atoms with Crippen LogP contribution in [-0.2, 0) is 9.59 Å². The molecule has 0 saturated carbocycles. The normalized spacial score (nSPS) is 10.3. The van der Waals surface area contributed by atoms with Crippen molar-refractivity contribution in [2.75, 3.05) is 13.7 Å². The highest BCUT2D eigenvalue weighted by Crippen LogP contribution is 2.21. The molecule has 0 bridgehead atoms. The summed E-state index contributed by atoms with van der Waals surface area (Å²) in [6, 6.07) is 5.08. The van der Waals surface area contributed by atoms with Crippen molar-refractivity contribution in [2.24, 2.45) is 5.10 Å². The second kappa shape index (κ2) is 8.16. The summed E-state index contributed by atoms with van der Waals surface area (Å²) in [5.74, 6) is -1.01. The van der Waals surface area contributed by atoms with Gasteiger partial charge in [-0.1, -0.05) is 18.5 Å². The van der Waals surface area contributed by atoms with E-state index in [-0.39, 0.29) is 0 Å². The van der Waals surface area contributed by atoms with E-state index in [0.29, 0.717) is 22.9 Å². The second-order valence-electron chi connectivity index (χ2n) is 3.81. The first-order chi connectivity index (χ1) is 9.58. The third-order valence-electron chi connectivity index (χ3n) is 2.24. The van der Waals surface area contributed by atoms with E-state index in [0.717, 1.165) is 6.42 Å². The van der Waals surface area contributed by atoms with Crippen molar-refractivity contribution in [3.63, 3.8) is 0 Å². The first-order valence-corrected chi connectivity index (χ1v) is 6.43. The Hall–Kier alpha value is -2.08. The van der Waals surface area contributed by atoms with Gasteiger partial charge in [0.2, 0.25) is 0 Å². The lowest BCUT2D eigenvalue weighted by molar-refractivity contribution is -0.138. The smallest absolute Gasteiger partial charge is 0.329 e. The summed E-state index contributed by atoms with van der Waals surface area (Å²) in [5, 5.41) is 6.41. The lowest BCUT2D eigenvalue weighted by atomic mass is 10.2. The molecule has 20 heavy (non-hydrogen) atoms. The number of hydrogen-bond acceptors (Lipinski definition) is 4. The highest BCUT2D eigenvalue weighted by atomic mass is 35.5. The van der Waals surface area contributed by atoms with Crippen LogP contribution in [0.25, 0.3) is 0 Å². The van der Waals surface area contributed by atoms with Gasteiger partial charge in [-0.25, -0.2) is 5.43 Å². The molecule has 2 amide bonds. The summed E-state index contributed by atoms with van der Waals surface area (Å²) in [7, 11) is 1.36. The summed E-state index contributed by atoms with van der Waals surface area (Å²) < 4.78 is 5.53. The first kappa shape index (κ1) is 16.0. The van der Waals surface area contributed by atoms with Gasteiger partial charge in [-0.3, -0.25) is 9.59 Å². The number of hydrazone groups is 1. The number of ether oxygens (including phenoxy) is 1. The lowest BCUT2D eigenvalue weighted by Crippen LogP contribution is -2.35. The predicted molar refractivity (Wildman–Crippen MR) is 77.0 cm³/mol. The third-order valence-corrected chi connectivity index (χ3v) is 2.47. The topological polar surface area (TPSA) is 79.8 Å². The summed E-state index contributed by atoms with van der Waals surface area (Å²) in [6.45, 7) is 2.56. The molecule has 6 nitrogen and oxygen atoms in total. The molecule has 0 heterocycles. The Labute approximate surface area is 122 Å². The van der Waals surface area contributed by atoms with Crippen LogP contribution in [-0.4, -0.2) is 31.7 Å². The summed E-state index contributed by atoms with van der Waals surface area (Å²) >= 11 is 5.90. The maximum absolute atomic E-state index is 11.2. The van der Waals surface area contributed by atoms with Gasteiger partial charge in [0.15, 0.2) is 0 Å². The maximum atomic E-state index is 11.2. The maximum Gasteiger partial charge on any atom is 0.329 e. The van der Waals surface area contributed by atoms with Gasteiger partial charge in [0, 0.05) is 17.6 Å². The number of hydrogen-bond donors (Lipinski definition) is 2. The predicted octanol–water partition coefficient (Wildman–Crippen LogP) is 1.32. The Morgan fingerprint density at radius 1 is 1.40 bits per heavy atom. The van der Waals surface area contributed by atoms with Gasteiger partial charge in [-0.2, -0.15) is 5.10 Å². The van der Waals surface area contributed by atoms with Gasteiger partial charge in [0.25, 0.3) is 0 Å². The fourth-order valence-electron chi connectivity index (χ4n) is 1.29. The van der Waals surface area contributed by atoms with Crippen LogP contribution in [0.1, 0.15) is 18.9 Å². The van der Waals surface area contributed by atoms with Gasteiger partial charge in [-0.15, -0.1) is 0 Å². The minimum Gasteiger partial charge on any atom is -0.493 e. The van der Waals surface area contributed by atoms with E-state index in [1.807, 2.05) is 6.92 Å². The van der Waals surface area contributed by atoms with Crippen molar-refractivity contribution in [1.82, 2.24) is 10.7 Å². The van der Waals surface area contributed by atoms with Crippen molar-refractivity contribution in [2.45, 2.75) is 13.3 Å². The molecule has 0 radical (unpaired) electrons. The number of amides is 2. The number of likely N-dealkylation sites (N-methyl/N-ethyl adjacent to an activating group) is 1. The van der Waals surface area contributed by atoms with Gasteiger partial charge in [0.05, 0.1) is 12.8 Å². The highest BCUT2D eigenvalue weighted by molar-refractivity contribution is 6.35. The van der Waals surface area contributed by atoms with Crippen LogP contribution in [0.2, 0.25) is 5.02 Å². The van der Waals surface area contributed by atoms with Crippen molar-refractivity contribution in [3.05, 3.63) is 28.8 Å². The molecule has 0 spiro atoms. The van der Waals surface area contributed by atoms with Crippen molar-refractivity contribution < 1.29 is 14.3 Å². The molecular weight excluding hydrogens is 282 g/mol. The van der Waals surface area contributed by atoms with E-state index in [1.165, 1.54) is 13.3 Å². The fraction of sp³-hybridized carbons (Fsp3) is 0.308. The standard InChI is InChI=1S/C13H16ClN3O3/c1-3-6-20-11-5-4-10(14)7-9(11)8-16-17-13(19)12(18)15-2/h4-5,7-8H,3,6H2,1-2H3,(H,15,18)(H,17,19)/b16-8-. The number of halogens is 1. The van der Waals surface area contributed by atoms with Gasteiger partial charge in [-0.05, 0) is 24.6 Å². The van der Waals surface area contributed by atoms with Crippen LogP contribution in [0.5, 0.6) is 5.75 Å². The molecule has 0 aromatic heterocycles. The van der Waals surface area contributed by atoms with Crippen molar-refractivity contribution >= 4 is 29.6 Å². The summed E-state index contributed by atoms with van der Waals surface area (Å²) in [5.41, 5.74) is 2.72. The number of carbonyl (C=O) groups is 2. The van der Waals surface area contributed by atoms with Crippen LogP contribution >= 0.6 is 11.6 Å². The molecule has 0 saturated heterocycles. The molecule has 1 rings (SSSR count). The zero-order valence-corrected chi connectivity index (χ0v) is 12.0. The minimum atomic E-state index is -0.846. The Balaban J connectivity index is 2.77. The number of nitrogens with zero attached hydrogens (tertiary/aromatic N) is 1. The lowest BCUT2D eigenvalue weighted by Gasteiger charge is -2.08. The second-order valence-corrected chi connectivity index (χ2v) is 4.25. The third kappa shape index (κ3) is 4.89. The molecule has 0 unspecified atom stereocenters. The Morgan fingerprint density at radius 3 is 2.80 bits per heavy atom. The largest absolute Gasteiger partial charge is 0.493 e. The van der Waals surface area contributed by atoms with Crippen molar-refractivity contribution in [1.29, 1.82) is 0 Å². The molecule has 1 aromatic carbocycles. The fourth-order valence-corrected chi connectivity index (χ4v) is 1.47. The zero-order valence-electron chi connectivity index (χ0n) is 11.3. The monoisotopic (exact) mass is 297 g/mol. The van der Waals surface area contributed by atoms with Gasteiger partial charge in [0.1, 0.15) is 5.75 Å². The molecule has 0 aliphatic rings. The Kier molecular flexibility index (Phi) is 6.52. The molecule has 0 aliphatic heterocycles. The summed E-state index contributed by atoms with van der Waals surface area (Å²) in [4.78, 5) is 22.2. The number of rotatable bonds is 5. The van der Waals surface area contributed by atoms with E-state index in [4.69, 9.17) is 16.3 Å². The van der Waals surface area contributed by atoms with E-state index in [1.54, 1.807) is 18.2 Å². The number of benzene rings is 1. The van der Waals surface area contributed by atoms with E-state index >= 15 is 0 Å². The number of nitrogens with one attached hydrogen (secondary N) is 2. The SMILES string of the molecule is CCCOc1ccc(Cl)cc1/C=N\NC(=O)C(=O)NC. The molecule has 0 atom stereocenters. The average Bonchev–Trinajstić information content (AvgIpc) is 2.45. The quantitative estimate of drug-likeness (QED) is 0.489. The molecule has 0 aliphatic carbocycles. The van der Waals surface area contributed by atoms with Gasteiger partial charge < -0.3 is 10.1 Å². The summed E-state index contributed by atoms with van der Waals surface area (Å²) in [6.07, 6.45) is 2.24. The van der Waals surface area contributed by atoms with Crippen LogP contribution in [0, 0.1) is 0 Å². The van der Waals surface area contributed by atoms with Crippen LogP contribution < -0.4 is 15.5 Å². The zero-order chi connectivity index (χ0) is 15.0. The average molecular weight is 298 g/mol. The van der Waals surface area contributed by atoms with E-state index in [2.05, 4.69) is 15.8 Å².